The Bertz CT molecular complexity index is 1280. The van der Waals surface area contributed by atoms with Crippen molar-refractivity contribution >= 4 is 33.6 Å². The zero-order valence-electron chi connectivity index (χ0n) is 21.8. The molecular formula is C24H29N4NaO6S2. The van der Waals surface area contributed by atoms with Crippen molar-refractivity contribution in [1.82, 2.24) is 15.6 Å². The van der Waals surface area contributed by atoms with Crippen molar-refractivity contribution < 1.29 is 57.9 Å². The summed E-state index contributed by atoms with van der Waals surface area (Å²) in [5.41, 5.74) is 2.58. The van der Waals surface area contributed by atoms with Crippen molar-refractivity contribution in [3.63, 3.8) is 0 Å². The zero-order valence-corrected chi connectivity index (χ0v) is 24.5. The van der Waals surface area contributed by atoms with Crippen LogP contribution in [0.15, 0.2) is 60.0 Å². The van der Waals surface area contributed by atoms with Crippen molar-refractivity contribution in [2.45, 2.75) is 38.3 Å². The molecule has 2 atom stereocenters. The van der Waals surface area contributed by atoms with Crippen LogP contribution in [0.5, 0.6) is 5.75 Å². The van der Waals surface area contributed by atoms with Gasteiger partial charge in [-0.05, 0) is 36.1 Å². The normalized spacial score (nSPS) is 12.5. The van der Waals surface area contributed by atoms with E-state index in [4.69, 9.17) is 9.88 Å². The van der Waals surface area contributed by atoms with Crippen LogP contribution in [0.2, 0.25) is 0 Å². The molecule has 3 rings (SSSR count). The van der Waals surface area contributed by atoms with Gasteiger partial charge >= 0.3 is 46.0 Å². The van der Waals surface area contributed by atoms with Crippen molar-refractivity contribution in [3.05, 3.63) is 81.8 Å². The molecule has 194 valence electrons. The Balaban J connectivity index is 0.00000361. The molecule has 37 heavy (non-hydrogen) atoms. The summed E-state index contributed by atoms with van der Waals surface area (Å²) in [5.74, 6) is -0.314. The summed E-state index contributed by atoms with van der Waals surface area (Å²) in [6.45, 7) is 1.99. The number of aryl methyl sites for hydroxylation is 1. The standard InChI is InChI=1S/C24H28N4O6S2.Na.H/c1-3-18-15-35-23(26-18)21(14-17-9-11-19(12-10-17)34-36(25,31)32)27-22(29)20(28-24(30)33-2)13-16-7-5-4-6-8-16;;/h4-12,15,20-21H,3,13-14H2,1-2H3,(H,27,29)(H,28,30)(H2,25,31,32);;/q;+1;-1. The maximum Gasteiger partial charge on any atom is 1.00 e. The van der Waals surface area contributed by atoms with Gasteiger partial charge in [0, 0.05) is 11.8 Å². The molecule has 10 nitrogen and oxygen atoms in total. The molecule has 0 radical (unpaired) electrons. The number of nitrogens with zero attached hydrogens (tertiary/aromatic N) is 1. The van der Waals surface area contributed by atoms with Crippen LogP contribution in [0.25, 0.3) is 0 Å². The Morgan fingerprint density at radius 2 is 1.70 bits per heavy atom. The van der Waals surface area contributed by atoms with E-state index >= 15 is 0 Å². The second kappa shape index (κ2) is 14.5. The van der Waals surface area contributed by atoms with E-state index in [2.05, 4.69) is 19.8 Å². The van der Waals surface area contributed by atoms with Gasteiger partial charge in [0.2, 0.25) is 5.91 Å². The number of carbonyl (C=O) groups is 2. The molecule has 1 aromatic heterocycles. The third-order valence-corrected chi connectivity index (χ3v) is 6.63. The Morgan fingerprint density at radius 3 is 2.27 bits per heavy atom. The first-order chi connectivity index (χ1) is 17.2. The van der Waals surface area contributed by atoms with E-state index in [1.807, 2.05) is 42.6 Å². The molecule has 1 heterocycles. The maximum absolute atomic E-state index is 13.4. The fourth-order valence-electron chi connectivity index (χ4n) is 3.43. The summed E-state index contributed by atoms with van der Waals surface area (Å²) in [6, 6.07) is 14.3. The molecule has 4 N–H and O–H groups in total. The molecule has 0 aliphatic rings. The van der Waals surface area contributed by atoms with Crippen LogP contribution in [-0.2, 0) is 39.1 Å². The number of methoxy groups -OCH3 is 1. The van der Waals surface area contributed by atoms with Crippen molar-refractivity contribution in [2.24, 2.45) is 5.14 Å². The fraction of sp³-hybridized carbons (Fsp3) is 0.292. The Kier molecular flexibility index (Phi) is 12.0. The monoisotopic (exact) mass is 556 g/mol. The van der Waals surface area contributed by atoms with E-state index in [-0.39, 0.29) is 43.2 Å². The van der Waals surface area contributed by atoms with E-state index in [9.17, 15) is 18.0 Å². The van der Waals surface area contributed by atoms with Crippen LogP contribution in [0.3, 0.4) is 0 Å². The number of benzene rings is 2. The second-order valence-electron chi connectivity index (χ2n) is 7.89. The van der Waals surface area contributed by atoms with E-state index in [0.717, 1.165) is 23.2 Å². The molecule has 0 aliphatic heterocycles. The van der Waals surface area contributed by atoms with E-state index < -0.39 is 34.4 Å². The quantitative estimate of drug-likeness (QED) is 0.276. The maximum atomic E-state index is 13.4. The second-order valence-corrected chi connectivity index (χ2v) is 9.94. The minimum Gasteiger partial charge on any atom is -1.00 e. The van der Waals surface area contributed by atoms with Gasteiger partial charge in [0.25, 0.3) is 0 Å². The van der Waals surface area contributed by atoms with E-state index in [1.165, 1.54) is 30.6 Å². The van der Waals surface area contributed by atoms with Crippen LogP contribution >= 0.6 is 11.3 Å². The van der Waals surface area contributed by atoms with Crippen LogP contribution in [0.1, 0.15) is 36.2 Å². The number of hydrogen-bond donors (Lipinski definition) is 3. The topological polar surface area (TPSA) is 150 Å². The minimum absolute atomic E-state index is 0. The molecule has 2 aromatic carbocycles. The first-order valence-corrected chi connectivity index (χ1v) is 13.5. The molecule has 0 saturated carbocycles. The molecule has 2 amide bonds. The van der Waals surface area contributed by atoms with E-state index in [0.29, 0.717) is 11.4 Å². The number of nitrogens with one attached hydrogen (secondary N) is 2. The summed E-state index contributed by atoms with van der Waals surface area (Å²) in [5, 5.41) is 13.2. The van der Waals surface area contributed by atoms with Crippen LogP contribution in [0, 0.1) is 0 Å². The SMILES string of the molecule is CCc1csc(C(Cc2ccc(OS(N)(=O)=O)cc2)NC(=O)C(Cc2ccccc2)NC(=O)OC)n1.[H-].[Na+]. The number of amides is 2. The molecular weight excluding hydrogens is 527 g/mol. The molecule has 3 aromatic rings. The largest absolute Gasteiger partial charge is 1.00 e. The van der Waals surface area contributed by atoms with Crippen LogP contribution < -0.4 is 49.5 Å². The summed E-state index contributed by atoms with van der Waals surface area (Å²) in [6.07, 6.45) is 0.674. The number of ether oxygens (including phenoxy) is 1. The van der Waals surface area contributed by atoms with Gasteiger partial charge in [-0.2, -0.15) is 13.6 Å². The van der Waals surface area contributed by atoms with Crippen LogP contribution in [-0.4, -0.2) is 38.6 Å². The molecule has 2 unspecified atom stereocenters. The number of rotatable bonds is 11. The van der Waals surface area contributed by atoms with Crippen molar-refractivity contribution in [1.29, 1.82) is 0 Å². The number of hydrogen-bond acceptors (Lipinski definition) is 8. The van der Waals surface area contributed by atoms with Gasteiger partial charge in [0.05, 0.1) is 18.8 Å². The average Bonchev–Trinajstić information content (AvgIpc) is 3.33. The number of aromatic nitrogens is 1. The Labute approximate surface area is 244 Å². The number of nitrogens with two attached hydrogens (primary N) is 1. The number of thiazole rings is 1. The third-order valence-electron chi connectivity index (χ3n) is 5.20. The molecule has 0 fully saturated rings. The summed E-state index contributed by atoms with van der Waals surface area (Å²) >= 11 is 1.43. The van der Waals surface area contributed by atoms with Gasteiger partial charge in [-0.1, -0.05) is 49.4 Å². The van der Waals surface area contributed by atoms with Gasteiger partial charge in [0.15, 0.2) is 0 Å². The van der Waals surface area contributed by atoms with Gasteiger partial charge in [-0.25, -0.2) is 9.78 Å². The predicted molar refractivity (Wildman–Crippen MR) is 137 cm³/mol. The summed E-state index contributed by atoms with van der Waals surface area (Å²) in [4.78, 5) is 29.9. The predicted octanol–water partition coefficient (Wildman–Crippen LogP) is -0.228. The fourth-order valence-corrected chi connectivity index (χ4v) is 4.76. The van der Waals surface area contributed by atoms with Crippen molar-refractivity contribution in [3.8, 4) is 5.75 Å². The Hall–Kier alpha value is -2.48. The molecule has 0 spiro atoms. The summed E-state index contributed by atoms with van der Waals surface area (Å²) < 4.78 is 31.7. The van der Waals surface area contributed by atoms with Crippen LogP contribution in [0.4, 0.5) is 4.79 Å². The smallest absolute Gasteiger partial charge is 1.00 e. The zero-order chi connectivity index (χ0) is 26.1. The van der Waals surface area contributed by atoms with Gasteiger partial charge in [-0.15, -0.1) is 11.3 Å². The molecule has 0 saturated heterocycles. The molecule has 0 bridgehead atoms. The average molecular weight is 557 g/mol. The Morgan fingerprint density at radius 1 is 1.05 bits per heavy atom. The first kappa shape index (κ1) is 30.7. The van der Waals surface area contributed by atoms with Crippen molar-refractivity contribution in [2.75, 3.05) is 7.11 Å². The van der Waals surface area contributed by atoms with Gasteiger partial charge in [-0.3, -0.25) is 4.79 Å². The molecule has 13 heteroatoms. The summed E-state index contributed by atoms with van der Waals surface area (Å²) in [7, 11) is -2.89. The van der Waals surface area contributed by atoms with E-state index in [1.54, 1.807) is 12.1 Å². The third kappa shape index (κ3) is 10.1. The van der Waals surface area contributed by atoms with Gasteiger partial charge in [0.1, 0.15) is 16.8 Å². The minimum atomic E-state index is -4.13. The molecule has 0 aliphatic carbocycles. The number of carbonyl (C=O) groups excluding carboxylic acids is 2. The van der Waals surface area contributed by atoms with Gasteiger partial charge < -0.3 is 21.0 Å². The first-order valence-electron chi connectivity index (χ1n) is 11.1. The number of alkyl carbamates (subject to hydrolysis) is 1.